The highest BCUT2D eigenvalue weighted by molar-refractivity contribution is 6.07. The summed E-state index contributed by atoms with van der Waals surface area (Å²) >= 11 is 0. The molecule has 0 saturated heterocycles. The molecule has 0 spiro atoms. The lowest BCUT2D eigenvalue weighted by molar-refractivity contribution is -0.384. The number of nitro groups is 1. The molecule has 1 aliphatic heterocycles. The summed E-state index contributed by atoms with van der Waals surface area (Å²) in [7, 11) is 0. The van der Waals surface area contributed by atoms with Crippen molar-refractivity contribution in [3.8, 4) is 5.75 Å². The summed E-state index contributed by atoms with van der Waals surface area (Å²) in [5.74, 6) is -0.472. The molecular formula is C23H22N2O5. The van der Waals surface area contributed by atoms with Crippen LogP contribution in [0.25, 0.3) is 0 Å². The average Bonchev–Trinajstić information content (AvgIpc) is 2.67. The van der Waals surface area contributed by atoms with E-state index >= 15 is 0 Å². The van der Waals surface area contributed by atoms with Crippen LogP contribution < -0.4 is 4.90 Å². The predicted molar refractivity (Wildman–Crippen MR) is 111 cm³/mol. The van der Waals surface area contributed by atoms with Gasteiger partial charge in [0.1, 0.15) is 5.75 Å². The third-order valence-electron chi connectivity index (χ3n) is 5.76. The largest absolute Gasteiger partial charge is 0.508 e. The highest BCUT2D eigenvalue weighted by Gasteiger charge is 2.44. The van der Waals surface area contributed by atoms with Gasteiger partial charge in [0.25, 0.3) is 5.69 Å². The minimum absolute atomic E-state index is 0.000816. The van der Waals surface area contributed by atoms with Gasteiger partial charge in [-0.2, -0.15) is 0 Å². The Bertz CT molecular complexity index is 1070. The Morgan fingerprint density at radius 3 is 2.27 bits per heavy atom. The molecule has 154 valence electrons. The van der Waals surface area contributed by atoms with Gasteiger partial charge >= 0.3 is 0 Å². The van der Waals surface area contributed by atoms with E-state index in [4.69, 9.17) is 0 Å². The number of phenols is 1. The van der Waals surface area contributed by atoms with Crippen molar-refractivity contribution in [1.29, 1.82) is 0 Å². The first-order valence-corrected chi connectivity index (χ1v) is 9.79. The second-order valence-electron chi connectivity index (χ2n) is 8.65. The Labute approximate surface area is 173 Å². The summed E-state index contributed by atoms with van der Waals surface area (Å²) in [4.78, 5) is 38.5. The maximum Gasteiger partial charge on any atom is 0.269 e. The van der Waals surface area contributed by atoms with Gasteiger partial charge in [0.2, 0.25) is 5.91 Å². The van der Waals surface area contributed by atoms with Gasteiger partial charge in [-0.25, -0.2) is 0 Å². The molecule has 2 aromatic carbocycles. The molecule has 0 saturated carbocycles. The molecule has 4 rings (SSSR count). The van der Waals surface area contributed by atoms with Crippen LogP contribution in [0.2, 0.25) is 0 Å². The number of allylic oxidation sites excluding steroid dienone is 2. The highest BCUT2D eigenvalue weighted by Crippen LogP contribution is 2.48. The van der Waals surface area contributed by atoms with Crippen LogP contribution >= 0.6 is 0 Å². The summed E-state index contributed by atoms with van der Waals surface area (Å²) in [5.41, 5.74) is 2.30. The first kappa shape index (κ1) is 19.8. The summed E-state index contributed by atoms with van der Waals surface area (Å²) in [6.45, 7) is 4.01. The zero-order valence-corrected chi connectivity index (χ0v) is 16.8. The van der Waals surface area contributed by atoms with Gasteiger partial charge < -0.3 is 5.11 Å². The molecule has 2 aliphatic rings. The standard InChI is InChI=1S/C23H22N2O5/c1-23(2)12-19-22(20(27)13-23)18(14-3-5-16(6-4-14)25(29)30)11-21(28)24(19)15-7-9-17(26)10-8-15/h3-10,18,26H,11-13H2,1-2H3/t18-/m0/s1. The first-order valence-electron chi connectivity index (χ1n) is 9.79. The molecule has 0 radical (unpaired) electrons. The number of ketones is 1. The molecule has 0 unspecified atom stereocenters. The van der Waals surface area contributed by atoms with Crippen LogP contribution in [0.1, 0.15) is 44.6 Å². The van der Waals surface area contributed by atoms with Gasteiger partial charge in [0, 0.05) is 47.8 Å². The topological polar surface area (TPSA) is 101 Å². The fourth-order valence-corrected chi connectivity index (χ4v) is 4.43. The van der Waals surface area contributed by atoms with Crippen LogP contribution in [-0.2, 0) is 9.59 Å². The number of amides is 1. The fraction of sp³-hybridized carbons (Fsp3) is 0.304. The molecule has 2 aromatic rings. The second kappa shape index (κ2) is 7.09. The Hall–Kier alpha value is -3.48. The van der Waals surface area contributed by atoms with Crippen molar-refractivity contribution in [2.24, 2.45) is 5.41 Å². The van der Waals surface area contributed by atoms with Crippen LogP contribution in [0.4, 0.5) is 11.4 Å². The van der Waals surface area contributed by atoms with Crippen molar-refractivity contribution < 1.29 is 19.6 Å². The monoisotopic (exact) mass is 406 g/mol. The highest BCUT2D eigenvalue weighted by atomic mass is 16.6. The molecule has 1 N–H and O–H groups in total. The Kier molecular flexibility index (Phi) is 4.68. The SMILES string of the molecule is CC1(C)CC(=O)C2=C(C1)N(c1ccc(O)cc1)C(=O)C[C@H]2c1ccc([N+](=O)[O-])cc1. The lowest BCUT2D eigenvalue weighted by atomic mass is 9.69. The van der Waals surface area contributed by atoms with Crippen LogP contribution in [0.5, 0.6) is 5.75 Å². The summed E-state index contributed by atoms with van der Waals surface area (Å²) in [6, 6.07) is 12.4. The van der Waals surface area contributed by atoms with Gasteiger partial charge in [-0.15, -0.1) is 0 Å². The number of non-ortho nitro benzene ring substituents is 1. The van der Waals surface area contributed by atoms with E-state index in [-0.39, 0.29) is 35.0 Å². The molecule has 0 aromatic heterocycles. The molecule has 7 heteroatoms. The molecule has 0 fully saturated rings. The number of carbonyl (C=O) groups excluding carboxylic acids is 2. The smallest absolute Gasteiger partial charge is 0.269 e. The van der Waals surface area contributed by atoms with Crippen molar-refractivity contribution in [3.05, 3.63) is 75.5 Å². The number of Topliss-reactive ketones (excluding diaryl/α,β-unsaturated/α-hetero) is 1. The first-order chi connectivity index (χ1) is 14.2. The van der Waals surface area contributed by atoms with Gasteiger partial charge in [0.15, 0.2) is 5.78 Å². The zero-order chi connectivity index (χ0) is 21.6. The lowest BCUT2D eigenvalue weighted by Crippen LogP contribution is -2.43. The number of nitro benzene ring substituents is 1. The zero-order valence-electron chi connectivity index (χ0n) is 16.8. The minimum Gasteiger partial charge on any atom is -0.508 e. The second-order valence-corrected chi connectivity index (χ2v) is 8.65. The number of anilines is 1. The average molecular weight is 406 g/mol. The van der Waals surface area contributed by atoms with Crippen molar-refractivity contribution in [2.45, 2.75) is 39.0 Å². The molecule has 30 heavy (non-hydrogen) atoms. The van der Waals surface area contributed by atoms with Crippen molar-refractivity contribution >= 4 is 23.1 Å². The predicted octanol–water partition coefficient (Wildman–Crippen LogP) is 4.46. The number of hydrogen-bond acceptors (Lipinski definition) is 5. The fourth-order valence-electron chi connectivity index (χ4n) is 4.43. The molecule has 1 amide bonds. The molecule has 1 aliphatic carbocycles. The van der Waals surface area contributed by atoms with Gasteiger partial charge in [-0.3, -0.25) is 24.6 Å². The number of rotatable bonds is 3. The summed E-state index contributed by atoms with van der Waals surface area (Å²) in [6.07, 6.45) is 1.04. The van der Waals surface area contributed by atoms with Crippen LogP contribution in [0.3, 0.4) is 0 Å². The van der Waals surface area contributed by atoms with E-state index in [9.17, 15) is 24.8 Å². The van der Waals surface area contributed by atoms with Crippen LogP contribution in [0.15, 0.2) is 59.8 Å². The van der Waals surface area contributed by atoms with E-state index in [1.54, 1.807) is 29.2 Å². The number of hydrogen-bond donors (Lipinski definition) is 1. The van der Waals surface area contributed by atoms with E-state index in [0.29, 0.717) is 29.8 Å². The van der Waals surface area contributed by atoms with E-state index in [0.717, 1.165) is 5.56 Å². The van der Waals surface area contributed by atoms with Gasteiger partial charge in [0.05, 0.1) is 4.92 Å². The van der Waals surface area contributed by atoms with E-state index in [1.165, 1.54) is 24.3 Å². The molecule has 7 nitrogen and oxygen atoms in total. The summed E-state index contributed by atoms with van der Waals surface area (Å²) in [5, 5.41) is 20.6. The lowest BCUT2D eigenvalue weighted by Gasteiger charge is -2.43. The van der Waals surface area contributed by atoms with Crippen molar-refractivity contribution in [2.75, 3.05) is 4.90 Å². The third-order valence-corrected chi connectivity index (χ3v) is 5.76. The molecule has 0 bridgehead atoms. The Morgan fingerprint density at radius 2 is 1.67 bits per heavy atom. The van der Waals surface area contributed by atoms with Crippen molar-refractivity contribution in [3.63, 3.8) is 0 Å². The van der Waals surface area contributed by atoms with Crippen LogP contribution in [-0.4, -0.2) is 21.7 Å². The quantitative estimate of drug-likeness (QED) is 0.599. The number of aromatic hydroxyl groups is 1. The van der Waals surface area contributed by atoms with E-state index in [2.05, 4.69) is 0 Å². The summed E-state index contributed by atoms with van der Waals surface area (Å²) < 4.78 is 0. The maximum atomic E-state index is 13.2. The van der Waals surface area contributed by atoms with Gasteiger partial charge in [-0.1, -0.05) is 26.0 Å². The normalized spacial score (nSPS) is 20.9. The van der Waals surface area contributed by atoms with Crippen LogP contribution in [0, 0.1) is 15.5 Å². The van der Waals surface area contributed by atoms with E-state index in [1.807, 2.05) is 13.8 Å². The Balaban J connectivity index is 1.85. The number of benzene rings is 2. The number of carbonyl (C=O) groups is 2. The molecular weight excluding hydrogens is 384 g/mol. The minimum atomic E-state index is -0.471. The number of phenolic OH excluding ortho intramolecular Hbond substituents is 1. The third kappa shape index (κ3) is 3.47. The number of nitrogens with zero attached hydrogens (tertiary/aromatic N) is 2. The molecule has 1 atom stereocenters. The molecule has 1 heterocycles. The van der Waals surface area contributed by atoms with Crippen molar-refractivity contribution in [1.82, 2.24) is 0 Å². The van der Waals surface area contributed by atoms with E-state index < -0.39 is 10.8 Å². The maximum absolute atomic E-state index is 13.2. The Morgan fingerprint density at radius 1 is 1.03 bits per heavy atom. The van der Waals surface area contributed by atoms with Gasteiger partial charge in [-0.05, 0) is 41.7 Å².